The van der Waals surface area contributed by atoms with Gasteiger partial charge in [0, 0.05) is 32.2 Å². The molecule has 3 heteroatoms. The second-order valence-corrected chi connectivity index (χ2v) is 5.93. The maximum Gasteiger partial charge on any atom is 0.126 e. The second-order valence-electron chi connectivity index (χ2n) is 5.93. The van der Waals surface area contributed by atoms with E-state index in [-0.39, 0.29) is 5.82 Å². The molecule has 104 valence electrons. The molecule has 0 unspecified atom stereocenters. The van der Waals surface area contributed by atoms with Crippen LogP contribution < -0.4 is 5.32 Å². The van der Waals surface area contributed by atoms with Gasteiger partial charge in [-0.2, -0.15) is 0 Å². The van der Waals surface area contributed by atoms with Gasteiger partial charge in [0.2, 0.25) is 0 Å². The predicted molar refractivity (Wildman–Crippen MR) is 75.7 cm³/mol. The molecule has 1 heterocycles. The van der Waals surface area contributed by atoms with Crippen LogP contribution in [0.25, 0.3) is 0 Å². The summed E-state index contributed by atoms with van der Waals surface area (Å²) >= 11 is 0. The molecule has 1 aliphatic heterocycles. The van der Waals surface area contributed by atoms with Crippen molar-refractivity contribution in [2.45, 2.75) is 32.2 Å². The van der Waals surface area contributed by atoms with E-state index in [4.69, 9.17) is 0 Å². The van der Waals surface area contributed by atoms with Gasteiger partial charge in [-0.1, -0.05) is 25.0 Å². The van der Waals surface area contributed by atoms with Crippen molar-refractivity contribution in [3.8, 4) is 0 Å². The van der Waals surface area contributed by atoms with Gasteiger partial charge in [-0.25, -0.2) is 4.39 Å². The molecule has 2 aliphatic rings. The molecule has 0 radical (unpaired) electrons. The van der Waals surface area contributed by atoms with Crippen molar-refractivity contribution in [1.29, 1.82) is 0 Å². The molecule has 2 fully saturated rings. The molecule has 2 nitrogen and oxygen atoms in total. The van der Waals surface area contributed by atoms with E-state index in [9.17, 15) is 4.39 Å². The van der Waals surface area contributed by atoms with E-state index in [0.717, 1.165) is 37.7 Å². The van der Waals surface area contributed by atoms with Gasteiger partial charge in [0.25, 0.3) is 0 Å². The molecule has 0 aromatic heterocycles. The highest BCUT2D eigenvalue weighted by Crippen LogP contribution is 2.41. The van der Waals surface area contributed by atoms with Gasteiger partial charge >= 0.3 is 0 Å². The Morgan fingerprint density at radius 2 is 2.05 bits per heavy atom. The number of piperazine rings is 1. The van der Waals surface area contributed by atoms with Crippen molar-refractivity contribution in [2.75, 3.05) is 26.2 Å². The van der Waals surface area contributed by atoms with Gasteiger partial charge in [-0.05, 0) is 36.5 Å². The summed E-state index contributed by atoms with van der Waals surface area (Å²) in [6.07, 6.45) is 3.91. The van der Waals surface area contributed by atoms with E-state index in [0.29, 0.717) is 6.04 Å². The van der Waals surface area contributed by atoms with Crippen LogP contribution in [0.4, 0.5) is 4.39 Å². The zero-order valence-corrected chi connectivity index (χ0v) is 11.7. The molecule has 1 aromatic carbocycles. The molecular formula is C16H23FN2. The normalized spacial score (nSPS) is 22.4. The third kappa shape index (κ3) is 2.98. The third-order valence-electron chi connectivity index (χ3n) is 4.51. The minimum Gasteiger partial charge on any atom is -0.314 e. The van der Waals surface area contributed by atoms with Crippen molar-refractivity contribution in [3.63, 3.8) is 0 Å². The lowest BCUT2D eigenvalue weighted by molar-refractivity contribution is 0.159. The summed E-state index contributed by atoms with van der Waals surface area (Å²) in [4.78, 5) is 2.54. The first-order valence-electron chi connectivity index (χ1n) is 7.45. The standard InChI is InChI=1S/C16H23FN2/c1-12-14(3-2-4-15(12)17)16(11-13-5-6-13)19-9-7-18-8-10-19/h2-4,13,16,18H,5-11H2,1H3/t16-/m1/s1. The van der Waals surface area contributed by atoms with Crippen molar-refractivity contribution in [3.05, 3.63) is 35.1 Å². The molecule has 0 amide bonds. The number of nitrogens with zero attached hydrogens (tertiary/aromatic N) is 1. The van der Waals surface area contributed by atoms with Crippen molar-refractivity contribution < 1.29 is 4.39 Å². The minimum absolute atomic E-state index is 0.0616. The number of halogens is 1. The fourth-order valence-corrected chi connectivity index (χ4v) is 3.12. The van der Waals surface area contributed by atoms with Crippen LogP contribution >= 0.6 is 0 Å². The zero-order valence-electron chi connectivity index (χ0n) is 11.7. The summed E-state index contributed by atoms with van der Waals surface area (Å²) < 4.78 is 13.8. The lowest BCUT2D eigenvalue weighted by Gasteiger charge is -2.36. The van der Waals surface area contributed by atoms with Crippen molar-refractivity contribution in [2.24, 2.45) is 5.92 Å². The largest absolute Gasteiger partial charge is 0.314 e. The first-order valence-corrected chi connectivity index (χ1v) is 7.45. The van der Waals surface area contributed by atoms with E-state index in [1.807, 2.05) is 13.0 Å². The van der Waals surface area contributed by atoms with Gasteiger partial charge in [0.05, 0.1) is 0 Å². The van der Waals surface area contributed by atoms with Gasteiger partial charge in [-0.3, -0.25) is 4.90 Å². The monoisotopic (exact) mass is 262 g/mol. The second kappa shape index (κ2) is 5.59. The molecular weight excluding hydrogens is 239 g/mol. The summed E-state index contributed by atoms with van der Waals surface area (Å²) in [6.45, 7) is 6.18. The van der Waals surface area contributed by atoms with Crippen LogP contribution in [0.5, 0.6) is 0 Å². The number of benzene rings is 1. The van der Waals surface area contributed by atoms with E-state index < -0.39 is 0 Å². The van der Waals surface area contributed by atoms with E-state index >= 15 is 0 Å². The van der Waals surface area contributed by atoms with Crippen LogP contribution in [-0.4, -0.2) is 31.1 Å². The Labute approximate surface area is 115 Å². The fraction of sp³-hybridized carbons (Fsp3) is 0.625. The summed E-state index contributed by atoms with van der Waals surface area (Å²) in [5, 5.41) is 3.40. The first-order chi connectivity index (χ1) is 9.25. The van der Waals surface area contributed by atoms with Crippen molar-refractivity contribution in [1.82, 2.24) is 10.2 Å². The molecule has 1 aliphatic carbocycles. The molecule has 0 spiro atoms. The van der Waals surface area contributed by atoms with Crippen LogP contribution in [0, 0.1) is 18.7 Å². The van der Waals surface area contributed by atoms with Crippen LogP contribution in [0.2, 0.25) is 0 Å². The number of hydrogen-bond acceptors (Lipinski definition) is 2. The van der Waals surface area contributed by atoms with Gasteiger partial charge in [0.15, 0.2) is 0 Å². The molecule has 1 N–H and O–H groups in total. The quantitative estimate of drug-likeness (QED) is 0.897. The number of nitrogens with one attached hydrogen (secondary N) is 1. The molecule has 1 aromatic rings. The fourth-order valence-electron chi connectivity index (χ4n) is 3.12. The summed E-state index contributed by atoms with van der Waals surface area (Å²) in [5.41, 5.74) is 2.04. The lowest BCUT2D eigenvalue weighted by atomic mass is 9.94. The highest BCUT2D eigenvalue weighted by molar-refractivity contribution is 5.30. The Hall–Kier alpha value is -0.930. The smallest absolute Gasteiger partial charge is 0.126 e. The molecule has 1 saturated heterocycles. The Kier molecular flexibility index (Phi) is 3.85. The van der Waals surface area contributed by atoms with E-state index in [1.54, 1.807) is 6.07 Å². The molecule has 3 rings (SSSR count). The molecule has 1 saturated carbocycles. The Morgan fingerprint density at radius 1 is 1.32 bits per heavy atom. The average molecular weight is 262 g/mol. The summed E-state index contributed by atoms with van der Waals surface area (Å²) in [5.74, 6) is 0.802. The third-order valence-corrected chi connectivity index (χ3v) is 4.51. The average Bonchev–Trinajstić information content (AvgIpc) is 3.25. The van der Waals surface area contributed by atoms with Gasteiger partial charge < -0.3 is 5.32 Å². The summed E-state index contributed by atoms with van der Waals surface area (Å²) in [6, 6.07) is 5.96. The van der Waals surface area contributed by atoms with E-state index in [2.05, 4.69) is 16.3 Å². The highest BCUT2D eigenvalue weighted by atomic mass is 19.1. The van der Waals surface area contributed by atoms with Crippen LogP contribution in [0.15, 0.2) is 18.2 Å². The topological polar surface area (TPSA) is 15.3 Å². The SMILES string of the molecule is Cc1c(F)cccc1[C@@H](CC1CC1)N1CCNCC1. The Bertz CT molecular complexity index is 436. The van der Waals surface area contributed by atoms with Crippen LogP contribution in [0.1, 0.15) is 36.4 Å². The van der Waals surface area contributed by atoms with Crippen LogP contribution in [-0.2, 0) is 0 Å². The Balaban J connectivity index is 1.86. The minimum atomic E-state index is -0.0616. The summed E-state index contributed by atoms with van der Waals surface area (Å²) in [7, 11) is 0. The zero-order chi connectivity index (χ0) is 13.2. The van der Waals surface area contributed by atoms with Gasteiger partial charge in [-0.15, -0.1) is 0 Å². The van der Waals surface area contributed by atoms with Gasteiger partial charge in [0.1, 0.15) is 5.82 Å². The van der Waals surface area contributed by atoms with Crippen LogP contribution in [0.3, 0.4) is 0 Å². The number of hydrogen-bond donors (Lipinski definition) is 1. The molecule has 19 heavy (non-hydrogen) atoms. The molecule has 0 bridgehead atoms. The highest BCUT2D eigenvalue weighted by Gasteiger charge is 2.31. The van der Waals surface area contributed by atoms with Crippen molar-refractivity contribution >= 4 is 0 Å². The molecule has 1 atom stereocenters. The first kappa shape index (κ1) is 13.1. The predicted octanol–water partition coefficient (Wildman–Crippen LogP) is 2.88. The maximum absolute atomic E-state index is 13.8. The lowest BCUT2D eigenvalue weighted by Crippen LogP contribution is -2.45. The Morgan fingerprint density at radius 3 is 2.74 bits per heavy atom. The van der Waals surface area contributed by atoms with E-state index in [1.165, 1.54) is 24.8 Å². The maximum atomic E-state index is 13.8. The number of rotatable bonds is 4.